The molecule has 0 spiro atoms. The molecule has 4 aliphatic rings. The van der Waals surface area contributed by atoms with Crippen molar-refractivity contribution >= 4 is 11.3 Å². The third kappa shape index (κ3) is 5.51. The quantitative estimate of drug-likeness (QED) is 0.286. The van der Waals surface area contributed by atoms with E-state index >= 15 is 0 Å². The van der Waals surface area contributed by atoms with E-state index in [2.05, 4.69) is 51.1 Å². The van der Waals surface area contributed by atoms with Crippen molar-refractivity contribution in [3.63, 3.8) is 0 Å². The predicted octanol–water partition coefficient (Wildman–Crippen LogP) is 4.37. The van der Waals surface area contributed by atoms with E-state index in [9.17, 15) is 5.26 Å². The Morgan fingerprint density at radius 3 is 2.60 bits per heavy atom. The number of methoxy groups -OCH3 is 1. The third-order valence-electron chi connectivity index (χ3n) is 9.24. The number of nitriles is 1. The van der Waals surface area contributed by atoms with Crippen molar-refractivity contribution in [2.24, 2.45) is 5.41 Å². The zero-order chi connectivity index (χ0) is 29.4. The first-order valence-corrected chi connectivity index (χ1v) is 15.1. The molecule has 1 aliphatic carbocycles. The van der Waals surface area contributed by atoms with E-state index < -0.39 is 0 Å². The molecule has 0 radical (unpaired) electrons. The van der Waals surface area contributed by atoms with Gasteiger partial charge >= 0.3 is 0 Å². The molecule has 43 heavy (non-hydrogen) atoms. The minimum absolute atomic E-state index is 0.240. The maximum atomic E-state index is 9.78. The van der Waals surface area contributed by atoms with Crippen LogP contribution in [0, 0.1) is 16.7 Å². The third-order valence-corrected chi connectivity index (χ3v) is 9.24. The van der Waals surface area contributed by atoms with Crippen LogP contribution in [0.15, 0.2) is 55.1 Å². The summed E-state index contributed by atoms with van der Waals surface area (Å²) in [5.41, 5.74) is 4.62. The number of aromatic nitrogens is 4. The average Bonchev–Trinajstić information content (AvgIpc) is 3.45. The van der Waals surface area contributed by atoms with Gasteiger partial charge in [-0.3, -0.25) is 4.90 Å². The lowest BCUT2D eigenvalue weighted by Gasteiger charge is -2.59. The molecule has 1 saturated carbocycles. The first kappa shape index (κ1) is 27.6. The summed E-state index contributed by atoms with van der Waals surface area (Å²) in [6.45, 7) is 7.20. The standard InChI is InChI=1S/C33H37N7O3/c1-33(15-23-3-6-31(41-2)36-19-23)16-26-13-27(17-33)40(26)30-5-4-24(20-35-30)29-14-28(22-39-32(29)25(18-34)21-37-39)43-12-9-38-7-10-42-11-8-38/h3-6,14,19-22,26-27H,7-13,15-17H2,1-2H3. The lowest BCUT2D eigenvalue weighted by atomic mass is 9.63. The number of morpholine rings is 1. The summed E-state index contributed by atoms with van der Waals surface area (Å²) in [6.07, 6.45) is 11.8. The summed E-state index contributed by atoms with van der Waals surface area (Å²) in [6, 6.07) is 13.6. The minimum atomic E-state index is 0.240. The van der Waals surface area contributed by atoms with Crippen molar-refractivity contribution in [2.75, 3.05) is 51.5 Å². The maximum Gasteiger partial charge on any atom is 0.212 e. The van der Waals surface area contributed by atoms with Gasteiger partial charge in [0.2, 0.25) is 5.88 Å². The van der Waals surface area contributed by atoms with E-state index in [0.29, 0.717) is 30.1 Å². The Morgan fingerprint density at radius 2 is 1.91 bits per heavy atom. The summed E-state index contributed by atoms with van der Waals surface area (Å²) in [5, 5.41) is 14.2. The molecule has 4 fully saturated rings. The molecule has 2 unspecified atom stereocenters. The highest BCUT2D eigenvalue weighted by molar-refractivity contribution is 5.85. The molecule has 2 bridgehead atoms. The van der Waals surface area contributed by atoms with Gasteiger partial charge in [0.15, 0.2) is 0 Å². The fourth-order valence-electron chi connectivity index (χ4n) is 7.23. The molecule has 3 saturated heterocycles. The Bertz CT molecular complexity index is 1610. The van der Waals surface area contributed by atoms with E-state index in [-0.39, 0.29) is 5.41 Å². The van der Waals surface area contributed by atoms with Crippen LogP contribution in [0.5, 0.6) is 11.6 Å². The van der Waals surface area contributed by atoms with Gasteiger partial charge in [-0.25, -0.2) is 14.5 Å². The van der Waals surface area contributed by atoms with Crippen LogP contribution in [0.2, 0.25) is 0 Å². The molecule has 0 N–H and O–H groups in total. The van der Waals surface area contributed by atoms with Gasteiger partial charge in [0, 0.05) is 61.3 Å². The second-order valence-corrected chi connectivity index (χ2v) is 12.3. The van der Waals surface area contributed by atoms with E-state index in [1.165, 1.54) is 12.0 Å². The van der Waals surface area contributed by atoms with Crippen molar-refractivity contribution in [2.45, 2.75) is 44.7 Å². The van der Waals surface area contributed by atoms with Crippen LogP contribution in [-0.4, -0.2) is 83.1 Å². The van der Waals surface area contributed by atoms with Gasteiger partial charge in [-0.2, -0.15) is 10.4 Å². The summed E-state index contributed by atoms with van der Waals surface area (Å²) in [5.74, 6) is 2.39. The number of hydrogen-bond acceptors (Lipinski definition) is 9. The number of piperidine rings is 1. The lowest BCUT2D eigenvalue weighted by Crippen LogP contribution is -2.64. The largest absolute Gasteiger partial charge is 0.491 e. The van der Waals surface area contributed by atoms with E-state index in [4.69, 9.17) is 19.2 Å². The van der Waals surface area contributed by atoms with Gasteiger partial charge < -0.3 is 19.1 Å². The minimum Gasteiger partial charge on any atom is -0.491 e. The summed E-state index contributed by atoms with van der Waals surface area (Å²) < 4.78 is 18.6. The van der Waals surface area contributed by atoms with Gasteiger partial charge in [0.05, 0.1) is 43.8 Å². The Labute approximate surface area is 251 Å². The topological polar surface area (TPSA) is 101 Å². The molecule has 3 aliphatic heterocycles. The van der Waals surface area contributed by atoms with Gasteiger partial charge in [-0.1, -0.05) is 13.0 Å². The Kier molecular flexibility index (Phi) is 7.37. The highest BCUT2D eigenvalue weighted by atomic mass is 16.5. The van der Waals surface area contributed by atoms with Crippen molar-refractivity contribution in [1.82, 2.24) is 24.5 Å². The van der Waals surface area contributed by atoms with Crippen LogP contribution in [0.3, 0.4) is 0 Å². The highest BCUT2D eigenvalue weighted by Crippen LogP contribution is 2.50. The Hall–Kier alpha value is -4.20. The molecule has 4 aromatic heterocycles. The number of fused-ring (bicyclic) bond motifs is 3. The van der Waals surface area contributed by atoms with Crippen LogP contribution in [0.4, 0.5) is 5.82 Å². The smallest absolute Gasteiger partial charge is 0.212 e. The van der Waals surface area contributed by atoms with Crippen LogP contribution >= 0.6 is 0 Å². The van der Waals surface area contributed by atoms with E-state index in [1.54, 1.807) is 17.8 Å². The Balaban J connectivity index is 1.07. The molecule has 10 heteroatoms. The fourth-order valence-corrected chi connectivity index (χ4v) is 7.23. The first-order chi connectivity index (χ1) is 21.0. The highest BCUT2D eigenvalue weighted by Gasteiger charge is 2.50. The first-order valence-electron chi connectivity index (χ1n) is 15.1. The summed E-state index contributed by atoms with van der Waals surface area (Å²) in [7, 11) is 1.65. The van der Waals surface area contributed by atoms with Gasteiger partial charge in [0.25, 0.3) is 0 Å². The molecule has 0 amide bonds. The van der Waals surface area contributed by atoms with Crippen LogP contribution in [0.25, 0.3) is 16.6 Å². The normalized spacial score (nSPS) is 23.5. The number of nitrogens with zero attached hydrogens (tertiary/aromatic N) is 7. The summed E-state index contributed by atoms with van der Waals surface area (Å²) >= 11 is 0. The maximum absolute atomic E-state index is 9.78. The second kappa shape index (κ2) is 11.5. The molecule has 222 valence electrons. The molecule has 7 heterocycles. The predicted molar refractivity (Wildman–Crippen MR) is 162 cm³/mol. The number of rotatable bonds is 9. The molecule has 8 rings (SSSR count). The molecule has 0 aromatic carbocycles. The molecule has 2 atom stereocenters. The van der Waals surface area contributed by atoms with Crippen molar-refractivity contribution in [1.29, 1.82) is 5.26 Å². The van der Waals surface area contributed by atoms with E-state index in [1.807, 2.05) is 30.7 Å². The monoisotopic (exact) mass is 579 g/mol. The zero-order valence-electron chi connectivity index (χ0n) is 24.8. The van der Waals surface area contributed by atoms with Crippen molar-refractivity contribution in [3.05, 3.63) is 66.2 Å². The molecule has 10 nitrogen and oxygen atoms in total. The number of anilines is 1. The fraction of sp³-hybridized carbons (Fsp3) is 0.455. The SMILES string of the molecule is COc1ccc(CC2(C)CC3CC(C2)N3c2ccc(-c3cc(OCCN4CCOCC4)cn4ncc(C#N)c34)cn2)cn1. The van der Waals surface area contributed by atoms with Crippen LogP contribution in [-0.2, 0) is 11.2 Å². The van der Waals surface area contributed by atoms with Gasteiger partial charge in [-0.05, 0) is 54.9 Å². The number of pyridine rings is 3. The summed E-state index contributed by atoms with van der Waals surface area (Å²) in [4.78, 5) is 14.2. The van der Waals surface area contributed by atoms with Crippen molar-refractivity contribution in [3.8, 4) is 28.8 Å². The lowest BCUT2D eigenvalue weighted by molar-refractivity contribution is 0.0322. The van der Waals surface area contributed by atoms with Gasteiger partial charge in [0.1, 0.15) is 24.2 Å². The van der Waals surface area contributed by atoms with Crippen LogP contribution < -0.4 is 14.4 Å². The molecular formula is C33H37N7O3. The molecular weight excluding hydrogens is 542 g/mol. The zero-order valence-corrected chi connectivity index (χ0v) is 24.8. The average molecular weight is 580 g/mol. The van der Waals surface area contributed by atoms with Crippen LogP contribution in [0.1, 0.15) is 37.3 Å². The van der Waals surface area contributed by atoms with E-state index in [0.717, 1.165) is 80.3 Å². The molecule has 4 aromatic rings. The van der Waals surface area contributed by atoms with Gasteiger partial charge in [-0.15, -0.1) is 0 Å². The second-order valence-electron chi connectivity index (χ2n) is 12.3. The number of hydrogen-bond donors (Lipinski definition) is 0. The number of ether oxygens (including phenoxy) is 3. The Morgan fingerprint density at radius 1 is 1.07 bits per heavy atom. The van der Waals surface area contributed by atoms with Crippen molar-refractivity contribution < 1.29 is 14.2 Å².